The number of anilines is 1. The van der Waals surface area contributed by atoms with Crippen LogP contribution in [0.1, 0.15) is 18.1 Å². The zero-order valence-electron chi connectivity index (χ0n) is 14.0. The van der Waals surface area contributed by atoms with Crippen LogP contribution in [-0.4, -0.2) is 31.2 Å². The molecule has 0 spiro atoms. The molecule has 0 unspecified atom stereocenters. The minimum Gasteiger partial charge on any atom is -0.486 e. The van der Waals surface area contributed by atoms with E-state index in [0.29, 0.717) is 40.8 Å². The molecular formula is C18H16N2O5S. The second-order valence-corrected chi connectivity index (χ2v) is 6.47. The smallest absolute Gasteiger partial charge is 0.311 e. The van der Waals surface area contributed by atoms with Crippen LogP contribution in [0, 0.1) is 11.3 Å². The molecule has 0 aliphatic carbocycles. The van der Waals surface area contributed by atoms with Crippen LogP contribution in [0.4, 0.5) is 5.00 Å². The first-order valence-corrected chi connectivity index (χ1v) is 8.81. The van der Waals surface area contributed by atoms with Gasteiger partial charge in [0.15, 0.2) is 17.6 Å². The lowest BCUT2D eigenvalue weighted by Crippen LogP contribution is -2.30. The van der Waals surface area contributed by atoms with Crippen molar-refractivity contribution in [2.45, 2.75) is 19.4 Å². The SMILES string of the molecule is C[C@@H](OC(=O)Cc1ccc2c(c1)OCCO2)C(=O)Nc1sccc1C#N. The number of carbonyl (C=O) groups is 2. The van der Waals surface area contributed by atoms with Crippen molar-refractivity contribution in [3.05, 3.63) is 40.8 Å². The molecule has 0 fully saturated rings. The predicted molar refractivity (Wildman–Crippen MR) is 94.4 cm³/mol. The second-order valence-electron chi connectivity index (χ2n) is 5.55. The maximum Gasteiger partial charge on any atom is 0.311 e. The van der Waals surface area contributed by atoms with Crippen LogP contribution in [0.15, 0.2) is 29.6 Å². The van der Waals surface area contributed by atoms with Gasteiger partial charge in [0.25, 0.3) is 5.91 Å². The molecule has 1 amide bonds. The fraction of sp³-hybridized carbons (Fsp3) is 0.278. The number of nitrogens with zero attached hydrogens (tertiary/aromatic N) is 1. The van der Waals surface area contributed by atoms with E-state index < -0.39 is 18.0 Å². The standard InChI is InChI=1S/C18H16N2O5S/c1-11(17(22)20-18-13(10-19)4-7-26-18)25-16(21)9-12-2-3-14-15(8-12)24-6-5-23-14/h2-4,7-8,11H,5-6,9H2,1H3,(H,20,22)/t11-/m1/s1. The van der Waals surface area contributed by atoms with E-state index in [0.717, 1.165) is 0 Å². The first-order chi connectivity index (χ1) is 12.6. The highest BCUT2D eigenvalue weighted by atomic mass is 32.1. The lowest BCUT2D eigenvalue weighted by molar-refractivity contribution is -0.152. The number of hydrogen-bond donors (Lipinski definition) is 1. The van der Waals surface area contributed by atoms with Gasteiger partial charge in [-0.15, -0.1) is 11.3 Å². The van der Waals surface area contributed by atoms with Crippen molar-refractivity contribution in [3.8, 4) is 17.6 Å². The number of esters is 1. The minimum atomic E-state index is -0.978. The number of amides is 1. The first kappa shape index (κ1) is 17.8. The molecule has 7 nitrogen and oxygen atoms in total. The van der Waals surface area contributed by atoms with E-state index in [1.165, 1.54) is 18.3 Å². The zero-order chi connectivity index (χ0) is 18.5. The molecule has 2 heterocycles. The average Bonchev–Trinajstić information content (AvgIpc) is 3.08. The Labute approximate surface area is 154 Å². The van der Waals surface area contributed by atoms with Gasteiger partial charge in [-0.3, -0.25) is 9.59 Å². The zero-order valence-corrected chi connectivity index (χ0v) is 14.8. The Balaban J connectivity index is 1.55. The number of carbonyl (C=O) groups excluding carboxylic acids is 2. The van der Waals surface area contributed by atoms with Gasteiger partial charge >= 0.3 is 5.97 Å². The van der Waals surface area contributed by atoms with Gasteiger partial charge in [0, 0.05) is 0 Å². The molecular weight excluding hydrogens is 356 g/mol. The summed E-state index contributed by atoms with van der Waals surface area (Å²) >= 11 is 1.23. The number of hydrogen-bond acceptors (Lipinski definition) is 7. The van der Waals surface area contributed by atoms with Gasteiger partial charge in [-0.2, -0.15) is 5.26 Å². The molecule has 1 aromatic heterocycles. The number of nitriles is 1. The summed E-state index contributed by atoms with van der Waals surface area (Å²) in [5.41, 5.74) is 1.08. The normalized spacial score (nSPS) is 13.4. The second kappa shape index (κ2) is 7.89. The fourth-order valence-corrected chi connectivity index (χ4v) is 3.10. The number of benzene rings is 1. The summed E-state index contributed by atoms with van der Waals surface area (Å²) in [6.07, 6.45) is -0.968. The average molecular weight is 372 g/mol. The van der Waals surface area contributed by atoms with Crippen LogP contribution < -0.4 is 14.8 Å². The molecule has 1 aliphatic heterocycles. The summed E-state index contributed by atoms with van der Waals surface area (Å²) in [7, 11) is 0. The Kier molecular flexibility index (Phi) is 5.39. The van der Waals surface area contributed by atoms with Crippen LogP contribution in [0.3, 0.4) is 0 Å². The van der Waals surface area contributed by atoms with E-state index in [9.17, 15) is 9.59 Å². The van der Waals surface area contributed by atoms with Gasteiger partial charge in [-0.25, -0.2) is 0 Å². The number of nitrogens with one attached hydrogen (secondary N) is 1. The lowest BCUT2D eigenvalue weighted by atomic mass is 10.1. The van der Waals surface area contributed by atoms with Crippen molar-refractivity contribution in [1.82, 2.24) is 0 Å². The van der Waals surface area contributed by atoms with Crippen molar-refractivity contribution in [1.29, 1.82) is 5.26 Å². The first-order valence-electron chi connectivity index (χ1n) is 7.93. The highest BCUT2D eigenvalue weighted by Crippen LogP contribution is 2.31. The lowest BCUT2D eigenvalue weighted by Gasteiger charge is -2.19. The van der Waals surface area contributed by atoms with E-state index in [2.05, 4.69) is 5.32 Å². The van der Waals surface area contributed by atoms with Crippen LogP contribution in [0.5, 0.6) is 11.5 Å². The maximum absolute atomic E-state index is 12.1. The van der Waals surface area contributed by atoms with Gasteiger partial charge < -0.3 is 19.5 Å². The molecule has 2 aromatic rings. The third-order valence-corrected chi connectivity index (χ3v) is 4.48. The fourth-order valence-electron chi connectivity index (χ4n) is 2.36. The molecule has 1 atom stereocenters. The number of ether oxygens (including phenoxy) is 3. The van der Waals surface area contributed by atoms with Crippen molar-refractivity contribution in [3.63, 3.8) is 0 Å². The summed E-state index contributed by atoms with van der Waals surface area (Å²) in [5, 5.41) is 13.7. The summed E-state index contributed by atoms with van der Waals surface area (Å²) < 4.78 is 16.1. The van der Waals surface area contributed by atoms with Gasteiger partial charge in [0.2, 0.25) is 0 Å². The third-order valence-electron chi connectivity index (χ3n) is 3.65. The minimum absolute atomic E-state index is 0.0106. The number of thiophene rings is 1. The molecule has 0 saturated heterocycles. The molecule has 1 aromatic carbocycles. The molecule has 26 heavy (non-hydrogen) atoms. The molecule has 8 heteroatoms. The molecule has 0 radical (unpaired) electrons. The maximum atomic E-state index is 12.1. The number of rotatable bonds is 5. The van der Waals surface area contributed by atoms with Gasteiger partial charge in [-0.05, 0) is 36.1 Å². The van der Waals surface area contributed by atoms with E-state index in [1.807, 2.05) is 6.07 Å². The predicted octanol–water partition coefficient (Wildman–Crippen LogP) is 2.50. The molecule has 0 saturated carbocycles. The Morgan fingerprint density at radius 3 is 2.85 bits per heavy atom. The van der Waals surface area contributed by atoms with E-state index in [1.54, 1.807) is 29.6 Å². The Hall–Kier alpha value is -3.05. The van der Waals surface area contributed by atoms with Gasteiger partial charge in [0.05, 0.1) is 12.0 Å². The summed E-state index contributed by atoms with van der Waals surface area (Å²) in [5.74, 6) is 0.218. The van der Waals surface area contributed by atoms with E-state index in [-0.39, 0.29) is 6.42 Å². The Morgan fingerprint density at radius 1 is 1.31 bits per heavy atom. The van der Waals surface area contributed by atoms with Crippen LogP contribution in [0.2, 0.25) is 0 Å². The molecule has 134 valence electrons. The Bertz CT molecular complexity index is 871. The van der Waals surface area contributed by atoms with Crippen molar-refractivity contribution in [2.75, 3.05) is 18.5 Å². The van der Waals surface area contributed by atoms with Crippen molar-refractivity contribution in [2.24, 2.45) is 0 Å². The van der Waals surface area contributed by atoms with Crippen molar-refractivity contribution >= 4 is 28.2 Å². The highest BCUT2D eigenvalue weighted by molar-refractivity contribution is 7.14. The van der Waals surface area contributed by atoms with Crippen LogP contribution >= 0.6 is 11.3 Å². The van der Waals surface area contributed by atoms with Gasteiger partial charge in [0.1, 0.15) is 24.3 Å². The third kappa shape index (κ3) is 4.13. The van der Waals surface area contributed by atoms with Gasteiger partial charge in [-0.1, -0.05) is 6.07 Å². The quantitative estimate of drug-likeness (QED) is 0.810. The summed E-state index contributed by atoms with van der Waals surface area (Å²) in [4.78, 5) is 24.2. The topological polar surface area (TPSA) is 97.7 Å². The van der Waals surface area contributed by atoms with E-state index >= 15 is 0 Å². The molecule has 1 N–H and O–H groups in total. The van der Waals surface area contributed by atoms with Crippen LogP contribution in [0.25, 0.3) is 0 Å². The molecule has 1 aliphatic rings. The summed E-state index contributed by atoms with van der Waals surface area (Å²) in [6, 6.07) is 8.82. The molecule has 3 rings (SSSR count). The van der Waals surface area contributed by atoms with Crippen LogP contribution in [-0.2, 0) is 20.7 Å². The highest BCUT2D eigenvalue weighted by Gasteiger charge is 2.20. The van der Waals surface area contributed by atoms with Crippen molar-refractivity contribution < 1.29 is 23.8 Å². The largest absolute Gasteiger partial charge is 0.486 e. The summed E-state index contributed by atoms with van der Waals surface area (Å²) in [6.45, 7) is 2.45. The Morgan fingerprint density at radius 2 is 2.08 bits per heavy atom. The number of fused-ring (bicyclic) bond motifs is 1. The van der Waals surface area contributed by atoms with E-state index in [4.69, 9.17) is 19.5 Å². The molecule has 0 bridgehead atoms. The monoisotopic (exact) mass is 372 g/mol.